The summed E-state index contributed by atoms with van der Waals surface area (Å²) in [7, 11) is 2.03. The number of carbonyl (C=O) groups is 2. The van der Waals surface area contributed by atoms with Crippen molar-refractivity contribution in [1.29, 1.82) is 0 Å². The SMILES string of the molecule is C=N/C(=C/C)NC=O.C=O.CNCC1CCNCC1.Clc1ccc(NCc2ccccc2Cl)cc1. The van der Waals surface area contributed by atoms with Gasteiger partial charge in [0.2, 0.25) is 6.41 Å². The molecule has 2 aromatic rings. The summed E-state index contributed by atoms with van der Waals surface area (Å²) in [6, 6.07) is 15.4. The van der Waals surface area contributed by atoms with Gasteiger partial charge in [0.15, 0.2) is 0 Å². The monoisotopic (exact) mass is 521 g/mol. The molecule has 0 spiro atoms. The lowest BCUT2D eigenvalue weighted by Gasteiger charge is -2.21. The number of halogens is 2. The number of nitrogens with one attached hydrogen (secondary N) is 4. The number of nitrogens with zero attached hydrogens (tertiary/aromatic N) is 1. The summed E-state index contributed by atoms with van der Waals surface area (Å²) in [5.41, 5.74) is 2.11. The maximum Gasteiger partial charge on any atom is 0.212 e. The highest BCUT2D eigenvalue weighted by atomic mass is 35.5. The van der Waals surface area contributed by atoms with E-state index in [0.717, 1.165) is 27.2 Å². The number of aliphatic imine (C=N–C) groups is 1. The number of amides is 1. The molecule has 1 saturated heterocycles. The van der Waals surface area contributed by atoms with Crippen LogP contribution in [-0.4, -0.2) is 46.6 Å². The Balaban J connectivity index is 0.000000520. The van der Waals surface area contributed by atoms with Gasteiger partial charge in [0, 0.05) is 22.3 Å². The van der Waals surface area contributed by atoms with Gasteiger partial charge in [-0.05, 0) is 101 Å². The third-order valence-corrected chi connectivity index (χ3v) is 5.51. The first-order chi connectivity index (χ1) is 17.0. The van der Waals surface area contributed by atoms with Crippen LogP contribution in [0, 0.1) is 5.92 Å². The van der Waals surface area contributed by atoms with Crippen LogP contribution in [0.5, 0.6) is 0 Å². The van der Waals surface area contributed by atoms with Gasteiger partial charge in [-0.3, -0.25) is 4.79 Å². The summed E-state index contributed by atoms with van der Waals surface area (Å²) in [5.74, 6) is 1.41. The van der Waals surface area contributed by atoms with Crippen LogP contribution >= 0.6 is 23.2 Å². The van der Waals surface area contributed by atoms with Crippen LogP contribution in [0.4, 0.5) is 5.69 Å². The van der Waals surface area contributed by atoms with Gasteiger partial charge in [-0.1, -0.05) is 41.4 Å². The number of piperidine rings is 1. The lowest BCUT2D eigenvalue weighted by molar-refractivity contribution is -0.109. The molecule has 1 aliphatic heterocycles. The molecular formula is C26H37Cl2N5O2. The van der Waals surface area contributed by atoms with Gasteiger partial charge >= 0.3 is 0 Å². The molecule has 0 radical (unpaired) electrons. The number of benzene rings is 2. The quantitative estimate of drug-likeness (QED) is 0.292. The highest BCUT2D eigenvalue weighted by Crippen LogP contribution is 2.18. The van der Waals surface area contributed by atoms with Gasteiger partial charge in [0.1, 0.15) is 12.6 Å². The Morgan fingerprint density at radius 2 is 1.74 bits per heavy atom. The second-order valence-corrected chi connectivity index (χ2v) is 8.14. The van der Waals surface area contributed by atoms with Crippen molar-refractivity contribution in [1.82, 2.24) is 16.0 Å². The third-order valence-electron chi connectivity index (χ3n) is 4.89. The van der Waals surface area contributed by atoms with Crippen molar-refractivity contribution in [3.05, 3.63) is 76.0 Å². The maximum atomic E-state index is 9.69. The zero-order valence-electron chi connectivity index (χ0n) is 20.5. The smallest absolute Gasteiger partial charge is 0.212 e. The van der Waals surface area contributed by atoms with E-state index in [2.05, 4.69) is 33.0 Å². The Kier molecular flexibility index (Phi) is 20.1. The molecule has 1 aliphatic rings. The lowest BCUT2D eigenvalue weighted by Crippen LogP contribution is -2.32. The average Bonchev–Trinajstić information content (AvgIpc) is 2.90. The van der Waals surface area contributed by atoms with Gasteiger partial charge < -0.3 is 26.1 Å². The Bertz CT molecular complexity index is 854. The molecule has 1 heterocycles. The summed E-state index contributed by atoms with van der Waals surface area (Å²) in [4.78, 5) is 21.2. The van der Waals surface area contributed by atoms with E-state index in [0.29, 0.717) is 18.8 Å². The van der Waals surface area contributed by atoms with Gasteiger partial charge in [-0.2, -0.15) is 0 Å². The first-order valence-corrected chi connectivity index (χ1v) is 12.0. The molecular weight excluding hydrogens is 485 g/mol. The zero-order chi connectivity index (χ0) is 26.3. The molecule has 4 N–H and O–H groups in total. The number of rotatable bonds is 8. The predicted molar refractivity (Wildman–Crippen MR) is 149 cm³/mol. The molecule has 0 aromatic heterocycles. The second kappa shape index (κ2) is 21.8. The molecule has 0 bridgehead atoms. The highest BCUT2D eigenvalue weighted by molar-refractivity contribution is 6.31. The standard InChI is InChI=1S/C13H11Cl2N.C7H16N2.C5H8N2O.CH2O/c14-11-5-7-12(8-6-11)16-9-10-3-1-2-4-13(10)15;1-8-6-7-2-4-9-5-3-7;1-3-5(6-2)7-4-8;1-2/h1-8,16H,9H2;7-9H,2-6H2,1H3;3-4H,2H2,1H3,(H,7,8);1H2/b;;5-3-;. The lowest BCUT2D eigenvalue weighted by atomic mass is 9.98. The van der Waals surface area contributed by atoms with Crippen LogP contribution in [-0.2, 0) is 16.1 Å². The number of hydrogen-bond acceptors (Lipinski definition) is 6. The zero-order valence-corrected chi connectivity index (χ0v) is 22.0. The topological polar surface area (TPSA) is 94.6 Å². The van der Waals surface area contributed by atoms with Crippen molar-refractivity contribution in [2.75, 3.05) is 32.0 Å². The van der Waals surface area contributed by atoms with Crippen LogP contribution < -0.4 is 21.3 Å². The van der Waals surface area contributed by atoms with Crippen LogP contribution in [0.1, 0.15) is 25.3 Å². The Hall–Kier alpha value is -2.71. The Labute approximate surface area is 219 Å². The summed E-state index contributed by atoms with van der Waals surface area (Å²) >= 11 is 11.9. The molecule has 1 fully saturated rings. The van der Waals surface area contributed by atoms with Crippen molar-refractivity contribution < 1.29 is 9.59 Å². The van der Waals surface area contributed by atoms with Gasteiger partial charge in [0.05, 0.1) is 0 Å². The molecule has 2 aromatic carbocycles. The first kappa shape index (κ1) is 32.3. The summed E-state index contributed by atoms with van der Waals surface area (Å²) in [6.45, 7) is 11.3. The predicted octanol–water partition coefficient (Wildman–Crippen LogP) is 4.92. The van der Waals surface area contributed by atoms with E-state index in [4.69, 9.17) is 28.0 Å². The maximum absolute atomic E-state index is 9.69. The van der Waals surface area contributed by atoms with E-state index in [-0.39, 0.29) is 0 Å². The number of anilines is 1. The van der Waals surface area contributed by atoms with Gasteiger partial charge in [0.25, 0.3) is 0 Å². The van der Waals surface area contributed by atoms with Gasteiger partial charge in [-0.25, -0.2) is 4.99 Å². The van der Waals surface area contributed by atoms with Crippen LogP contribution in [0.25, 0.3) is 0 Å². The largest absolute Gasteiger partial charge is 0.381 e. The third kappa shape index (κ3) is 15.7. The minimum Gasteiger partial charge on any atom is -0.381 e. The molecule has 0 atom stereocenters. The van der Waals surface area contributed by atoms with Crippen molar-refractivity contribution in [2.45, 2.75) is 26.3 Å². The summed E-state index contributed by atoms with van der Waals surface area (Å²) in [6.07, 6.45) is 4.91. The average molecular weight is 523 g/mol. The van der Waals surface area contributed by atoms with E-state index in [9.17, 15) is 4.79 Å². The minimum atomic E-state index is 0.486. The molecule has 0 unspecified atom stereocenters. The number of carbonyl (C=O) groups excluding carboxylic acids is 2. The van der Waals surface area contributed by atoms with E-state index in [1.165, 1.54) is 32.5 Å². The minimum absolute atomic E-state index is 0.486. The van der Waals surface area contributed by atoms with Crippen LogP contribution in [0.15, 0.2) is 65.4 Å². The van der Waals surface area contributed by atoms with Crippen LogP contribution in [0.3, 0.4) is 0 Å². The van der Waals surface area contributed by atoms with Gasteiger partial charge in [-0.15, -0.1) is 0 Å². The molecule has 1 amide bonds. The Morgan fingerprint density at radius 1 is 1.11 bits per heavy atom. The molecule has 3 rings (SSSR count). The van der Waals surface area contributed by atoms with E-state index < -0.39 is 0 Å². The highest BCUT2D eigenvalue weighted by Gasteiger charge is 2.10. The molecule has 0 saturated carbocycles. The Morgan fingerprint density at radius 3 is 2.23 bits per heavy atom. The second-order valence-electron chi connectivity index (χ2n) is 7.30. The number of allylic oxidation sites excluding steroid dienone is 1. The molecule has 192 valence electrons. The summed E-state index contributed by atoms with van der Waals surface area (Å²) in [5, 5.41) is 13.7. The van der Waals surface area contributed by atoms with Crippen molar-refractivity contribution in [2.24, 2.45) is 10.9 Å². The van der Waals surface area contributed by atoms with Crippen molar-refractivity contribution >= 4 is 48.8 Å². The number of hydrogen-bond donors (Lipinski definition) is 4. The van der Waals surface area contributed by atoms with Crippen molar-refractivity contribution in [3.63, 3.8) is 0 Å². The fourth-order valence-corrected chi connectivity index (χ4v) is 3.39. The molecule has 0 aliphatic carbocycles. The molecule has 35 heavy (non-hydrogen) atoms. The molecule has 9 heteroatoms. The summed E-state index contributed by atoms with van der Waals surface area (Å²) < 4.78 is 0. The van der Waals surface area contributed by atoms with Crippen molar-refractivity contribution in [3.8, 4) is 0 Å². The fourth-order valence-electron chi connectivity index (χ4n) is 3.06. The molecule has 7 nitrogen and oxygen atoms in total. The van der Waals surface area contributed by atoms with E-state index in [1.54, 1.807) is 13.0 Å². The van der Waals surface area contributed by atoms with Crippen LogP contribution in [0.2, 0.25) is 10.0 Å². The normalized spacial score (nSPS) is 12.9. The fraction of sp³-hybridized carbons (Fsp3) is 0.346. The first-order valence-electron chi connectivity index (χ1n) is 11.2. The van der Waals surface area contributed by atoms with E-state index in [1.807, 2.05) is 62.4 Å². The van der Waals surface area contributed by atoms with E-state index >= 15 is 0 Å².